The van der Waals surface area contributed by atoms with Crippen molar-refractivity contribution in [2.24, 2.45) is 11.8 Å². The highest BCUT2D eigenvalue weighted by molar-refractivity contribution is 5.86. The highest BCUT2D eigenvalue weighted by atomic mass is 16.5. The summed E-state index contributed by atoms with van der Waals surface area (Å²) in [7, 11) is 1.24. The molecule has 21 heavy (non-hydrogen) atoms. The van der Waals surface area contributed by atoms with Gasteiger partial charge in [0.2, 0.25) is 0 Å². The Morgan fingerprint density at radius 3 is 2.10 bits per heavy atom. The van der Waals surface area contributed by atoms with Gasteiger partial charge >= 0.3 is 18.0 Å². The summed E-state index contributed by atoms with van der Waals surface area (Å²) < 4.78 is 4.64. The van der Waals surface area contributed by atoms with Crippen molar-refractivity contribution in [3.8, 4) is 0 Å². The minimum Gasteiger partial charge on any atom is -0.480 e. The molecular formula is C14H26N2O5. The molecule has 0 radical (unpaired) electrons. The SMILES string of the molecule is CC[C@H](C)[C@H](NC(=O)NC(CC(C)C)C(=O)OC)C(=O)O. The summed E-state index contributed by atoms with van der Waals surface area (Å²) in [6, 6.07) is -2.47. The Hall–Kier alpha value is -1.79. The Labute approximate surface area is 125 Å². The van der Waals surface area contributed by atoms with Gasteiger partial charge in [-0.2, -0.15) is 0 Å². The number of urea groups is 1. The van der Waals surface area contributed by atoms with Gasteiger partial charge in [-0.3, -0.25) is 0 Å². The first-order valence-electron chi connectivity index (χ1n) is 7.10. The van der Waals surface area contributed by atoms with Crippen LogP contribution in [0.2, 0.25) is 0 Å². The molecule has 7 nitrogen and oxygen atoms in total. The molecule has 0 aromatic heterocycles. The van der Waals surface area contributed by atoms with E-state index in [9.17, 15) is 14.4 Å². The molecule has 7 heteroatoms. The molecular weight excluding hydrogens is 276 g/mol. The first-order valence-corrected chi connectivity index (χ1v) is 7.10. The molecule has 0 bridgehead atoms. The molecule has 0 fully saturated rings. The topological polar surface area (TPSA) is 105 Å². The van der Waals surface area contributed by atoms with E-state index < -0.39 is 30.1 Å². The minimum atomic E-state index is -1.10. The van der Waals surface area contributed by atoms with E-state index in [1.54, 1.807) is 6.92 Å². The zero-order valence-electron chi connectivity index (χ0n) is 13.3. The van der Waals surface area contributed by atoms with Crippen LogP contribution in [0.3, 0.4) is 0 Å². The Morgan fingerprint density at radius 1 is 1.14 bits per heavy atom. The van der Waals surface area contributed by atoms with Crippen molar-refractivity contribution in [2.45, 2.75) is 52.6 Å². The number of aliphatic carboxylic acids is 1. The lowest BCUT2D eigenvalue weighted by atomic mass is 9.99. The third-order valence-corrected chi connectivity index (χ3v) is 3.26. The minimum absolute atomic E-state index is 0.180. The number of carboxylic acid groups (broad SMARTS) is 1. The van der Waals surface area contributed by atoms with Gasteiger partial charge in [0.25, 0.3) is 0 Å². The molecule has 0 aromatic rings. The van der Waals surface area contributed by atoms with Crippen molar-refractivity contribution in [1.29, 1.82) is 0 Å². The van der Waals surface area contributed by atoms with Crippen LogP contribution in [-0.2, 0) is 14.3 Å². The van der Waals surface area contributed by atoms with Crippen molar-refractivity contribution < 1.29 is 24.2 Å². The Morgan fingerprint density at radius 2 is 1.71 bits per heavy atom. The van der Waals surface area contributed by atoms with Crippen LogP contribution in [0, 0.1) is 11.8 Å². The number of carboxylic acids is 1. The van der Waals surface area contributed by atoms with Crippen LogP contribution in [0.25, 0.3) is 0 Å². The van der Waals surface area contributed by atoms with Crippen LogP contribution < -0.4 is 10.6 Å². The first-order chi connectivity index (χ1) is 9.72. The molecule has 0 spiro atoms. The number of carbonyl (C=O) groups is 3. The van der Waals surface area contributed by atoms with Crippen molar-refractivity contribution in [1.82, 2.24) is 10.6 Å². The lowest BCUT2D eigenvalue weighted by Crippen LogP contribution is -2.53. The number of hydrogen-bond donors (Lipinski definition) is 3. The summed E-state index contributed by atoms with van der Waals surface area (Å²) >= 11 is 0. The van der Waals surface area contributed by atoms with Crippen molar-refractivity contribution in [3.63, 3.8) is 0 Å². The molecule has 0 aliphatic heterocycles. The van der Waals surface area contributed by atoms with Gasteiger partial charge in [0.15, 0.2) is 0 Å². The average molecular weight is 302 g/mol. The lowest BCUT2D eigenvalue weighted by Gasteiger charge is -2.23. The highest BCUT2D eigenvalue weighted by Gasteiger charge is 2.28. The van der Waals surface area contributed by atoms with Gasteiger partial charge in [-0.1, -0.05) is 34.1 Å². The quantitative estimate of drug-likeness (QED) is 0.587. The average Bonchev–Trinajstić information content (AvgIpc) is 2.41. The van der Waals surface area contributed by atoms with Crippen molar-refractivity contribution in [3.05, 3.63) is 0 Å². The van der Waals surface area contributed by atoms with Crippen molar-refractivity contribution >= 4 is 18.0 Å². The van der Waals surface area contributed by atoms with Crippen molar-refractivity contribution in [2.75, 3.05) is 7.11 Å². The third kappa shape index (κ3) is 6.97. The second-order valence-electron chi connectivity index (χ2n) is 5.52. The van der Waals surface area contributed by atoms with Gasteiger partial charge in [-0.15, -0.1) is 0 Å². The zero-order valence-corrected chi connectivity index (χ0v) is 13.3. The molecule has 3 atom stereocenters. The number of amides is 2. The molecule has 122 valence electrons. The molecule has 0 heterocycles. The summed E-state index contributed by atoms with van der Waals surface area (Å²) in [5.41, 5.74) is 0. The summed E-state index contributed by atoms with van der Waals surface area (Å²) in [6.07, 6.45) is 1.03. The number of rotatable bonds is 8. The summed E-state index contributed by atoms with van der Waals surface area (Å²) in [5, 5.41) is 14.0. The van der Waals surface area contributed by atoms with Crippen LogP contribution in [0.5, 0.6) is 0 Å². The van der Waals surface area contributed by atoms with Gasteiger partial charge in [0, 0.05) is 0 Å². The first kappa shape index (κ1) is 19.2. The predicted molar refractivity (Wildman–Crippen MR) is 77.8 cm³/mol. The third-order valence-electron chi connectivity index (χ3n) is 3.26. The smallest absolute Gasteiger partial charge is 0.328 e. The normalized spacial score (nSPS) is 15.0. The van der Waals surface area contributed by atoms with E-state index in [1.807, 2.05) is 20.8 Å². The van der Waals surface area contributed by atoms with E-state index in [0.717, 1.165) is 0 Å². The summed E-state index contributed by atoms with van der Waals surface area (Å²) in [6.45, 7) is 7.41. The molecule has 3 N–H and O–H groups in total. The Balaban J connectivity index is 4.74. The van der Waals surface area contributed by atoms with Gasteiger partial charge < -0.3 is 20.5 Å². The van der Waals surface area contributed by atoms with Crippen LogP contribution in [-0.4, -0.2) is 42.3 Å². The van der Waals surface area contributed by atoms with E-state index >= 15 is 0 Å². The monoisotopic (exact) mass is 302 g/mol. The molecule has 0 aromatic carbocycles. The molecule has 0 saturated heterocycles. The van der Waals surface area contributed by atoms with E-state index in [1.165, 1.54) is 7.11 Å². The van der Waals surface area contributed by atoms with Crippen LogP contribution in [0.4, 0.5) is 4.79 Å². The maximum atomic E-state index is 11.9. The number of ether oxygens (including phenoxy) is 1. The molecule has 2 amide bonds. The number of esters is 1. The fourth-order valence-electron chi connectivity index (χ4n) is 1.85. The fraction of sp³-hybridized carbons (Fsp3) is 0.786. The molecule has 1 unspecified atom stereocenters. The largest absolute Gasteiger partial charge is 0.480 e. The lowest BCUT2D eigenvalue weighted by molar-refractivity contribution is -0.143. The fourth-order valence-corrected chi connectivity index (χ4v) is 1.85. The molecule has 0 aliphatic carbocycles. The number of hydrogen-bond acceptors (Lipinski definition) is 4. The maximum absolute atomic E-state index is 11.9. The summed E-state index contributed by atoms with van der Waals surface area (Å²) in [5.74, 6) is -1.68. The number of methoxy groups -OCH3 is 1. The van der Waals surface area contributed by atoms with Gasteiger partial charge in [-0.05, 0) is 18.3 Å². The van der Waals surface area contributed by atoms with Gasteiger partial charge in [-0.25, -0.2) is 14.4 Å². The van der Waals surface area contributed by atoms with E-state index in [-0.39, 0.29) is 11.8 Å². The van der Waals surface area contributed by atoms with Gasteiger partial charge in [0.1, 0.15) is 12.1 Å². The summed E-state index contributed by atoms with van der Waals surface area (Å²) in [4.78, 5) is 34.7. The Kier molecular flexibility index (Phi) is 8.42. The second-order valence-corrected chi connectivity index (χ2v) is 5.52. The number of carbonyl (C=O) groups excluding carboxylic acids is 2. The second kappa shape index (κ2) is 9.20. The molecule has 0 rings (SSSR count). The van der Waals surface area contributed by atoms with E-state index in [4.69, 9.17) is 5.11 Å². The maximum Gasteiger partial charge on any atom is 0.328 e. The standard InChI is InChI=1S/C14H26N2O5/c1-6-9(4)11(12(17)18)16-14(20)15-10(7-8(2)3)13(19)21-5/h8-11H,6-7H2,1-5H3,(H,17,18)(H2,15,16,20)/t9-,10?,11-/m0/s1. The van der Waals surface area contributed by atoms with Crippen LogP contribution >= 0.6 is 0 Å². The van der Waals surface area contributed by atoms with Gasteiger partial charge in [0.05, 0.1) is 7.11 Å². The molecule has 0 saturated carbocycles. The zero-order chi connectivity index (χ0) is 16.6. The van der Waals surface area contributed by atoms with Crippen LogP contribution in [0.1, 0.15) is 40.5 Å². The number of nitrogens with one attached hydrogen (secondary N) is 2. The Bertz CT molecular complexity index is 370. The molecule has 0 aliphatic rings. The predicted octanol–water partition coefficient (Wildman–Crippen LogP) is 1.37. The highest BCUT2D eigenvalue weighted by Crippen LogP contribution is 2.09. The van der Waals surface area contributed by atoms with Crippen LogP contribution in [0.15, 0.2) is 0 Å². The van der Waals surface area contributed by atoms with E-state index in [2.05, 4.69) is 15.4 Å². The van der Waals surface area contributed by atoms with E-state index in [0.29, 0.717) is 12.8 Å².